The van der Waals surface area contributed by atoms with E-state index in [1.807, 2.05) is 33.3 Å². The minimum absolute atomic E-state index is 0.0755. The topological polar surface area (TPSA) is 91.3 Å². The minimum Gasteiger partial charge on any atom is -0.457 e. The molecule has 0 saturated carbocycles. The van der Waals surface area contributed by atoms with Gasteiger partial charge in [-0.1, -0.05) is 133 Å². The highest BCUT2D eigenvalue weighted by Gasteiger charge is 2.26. The van der Waals surface area contributed by atoms with Crippen LogP contribution in [0.1, 0.15) is 129 Å². The summed E-state index contributed by atoms with van der Waals surface area (Å²) in [7, 11) is 1.62. The first-order valence-corrected chi connectivity index (χ1v) is 19.9. The maximum absolute atomic E-state index is 12.6. The lowest BCUT2D eigenvalue weighted by Crippen LogP contribution is -2.37. The Morgan fingerprint density at radius 2 is 1.19 bits per heavy atom. The van der Waals surface area contributed by atoms with Crippen molar-refractivity contribution in [3.8, 4) is 0 Å². The van der Waals surface area contributed by atoms with Gasteiger partial charge in [-0.05, 0) is 38.5 Å². The van der Waals surface area contributed by atoms with Crippen LogP contribution in [0.3, 0.4) is 0 Å². The Bertz CT molecular complexity index is 895. The molecule has 0 bridgehead atoms. The maximum Gasteiger partial charge on any atom is 0.472 e. The van der Waals surface area contributed by atoms with Gasteiger partial charge in [-0.2, -0.15) is 0 Å². The molecular weight excluding hydrogens is 613 g/mol. The van der Waals surface area contributed by atoms with Crippen LogP contribution in [0.25, 0.3) is 0 Å². The molecule has 0 aliphatic heterocycles. The van der Waals surface area contributed by atoms with E-state index >= 15 is 0 Å². The summed E-state index contributed by atoms with van der Waals surface area (Å²) in [4.78, 5) is 22.7. The van der Waals surface area contributed by atoms with Gasteiger partial charge >= 0.3 is 13.8 Å². The molecule has 274 valence electrons. The summed E-state index contributed by atoms with van der Waals surface area (Å²) in [5.74, 6) is -0.395. The number of quaternary nitrogens is 1. The molecule has 0 aliphatic carbocycles. The van der Waals surface area contributed by atoms with Crippen molar-refractivity contribution in [2.24, 2.45) is 0 Å². The molecule has 0 fully saturated rings. The lowest BCUT2D eigenvalue weighted by Gasteiger charge is -2.24. The smallest absolute Gasteiger partial charge is 0.457 e. The second-order valence-electron chi connectivity index (χ2n) is 13.2. The highest BCUT2D eigenvalue weighted by molar-refractivity contribution is 7.47. The number of unbranched alkanes of at least 4 members (excludes halogenated alkanes) is 11. The summed E-state index contributed by atoms with van der Waals surface area (Å²) in [6, 6.07) is 0. The molecule has 0 spiro atoms. The van der Waals surface area contributed by atoms with Crippen LogP contribution in [0.5, 0.6) is 0 Å². The van der Waals surface area contributed by atoms with E-state index < -0.39 is 19.9 Å². The number of allylic oxidation sites excluding steroid dienone is 8. The lowest BCUT2D eigenvalue weighted by atomic mass is 10.1. The Kier molecular flexibility index (Phi) is 30.7. The van der Waals surface area contributed by atoms with Crippen molar-refractivity contribution in [2.45, 2.75) is 136 Å². The highest BCUT2D eigenvalue weighted by atomic mass is 31.2. The normalized spacial score (nSPS) is 14.6. The van der Waals surface area contributed by atoms with E-state index in [0.717, 1.165) is 38.5 Å². The summed E-state index contributed by atoms with van der Waals surface area (Å²) < 4.78 is 34.7. The predicted molar refractivity (Wildman–Crippen MR) is 196 cm³/mol. The van der Waals surface area contributed by atoms with Crippen LogP contribution in [-0.2, 0) is 27.9 Å². The van der Waals surface area contributed by atoms with Crippen LogP contribution < -0.4 is 0 Å². The van der Waals surface area contributed by atoms with Crippen molar-refractivity contribution in [3.63, 3.8) is 0 Å². The standard InChI is InChI=1S/C38H70NO7P/c1-6-8-10-12-14-16-18-20-21-23-25-27-29-31-38(40)46-37(36-45-47(41,42)44-34-32-39(3,4)5)35-43-33-30-28-26-24-22-19-17-15-13-11-9-7-2/h8,10,14,16,20-21,25,27,37H,6-7,9,11-13,15,17-19,22-24,26,28-36H2,1-5H3/p+1/b10-8-,16-14-,21-20-,27-25-. The number of ether oxygens (including phenoxy) is 2. The fraction of sp³-hybridized carbons (Fsp3) is 0.763. The number of carbonyl (C=O) groups excluding carboxylic acids is 1. The molecule has 0 amide bonds. The summed E-state index contributed by atoms with van der Waals surface area (Å²) in [6.45, 7) is 5.39. The number of nitrogens with zero attached hydrogens (tertiary/aromatic N) is 1. The van der Waals surface area contributed by atoms with Gasteiger partial charge in [-0.15, -0.1) is 0 Å². The van der Waals surface area contributed by atoms with Gasteiger partial charge in [-0.25, -0.2) is 4.57 Å². The summed E-state index contributed by atoms with van der Waals surface area (Å²) in [6.07, 6.45) is 35.8. The molecule has 0 saturated heterocycles. The van der Waals surface area contributed by atoms with Crippen molar-refractivity contribution < 1.29 is 37.3 Å². The van der Waals surface area contributed by atoms with Gasteiger partial charge < -0.3 is 18.9 Å². The van der Waals surface area contributed by atoms with Gasteiger partial charge in [-0.3, -0.25) is 13.8 Å². The third kappa shape index (κ3) is 35.6. The second-order valence-corrected chi connectivity index (χ2v) is 14.7. The summed E-state index contributed by atoms with van der Waals surface area (Å²) in [5.41, 5.74) is 0. The number of phosphoric ester groups is 1. The van der Waals surface area contributed by atoms with Crippen molar-refractivity contribution in [1.82, 2.24) is 0 Å². The third-order valence-corrected chi connectivity index (χ3v) is 8.40. The monoisotopic (exact) mass is 684 g/mol. The van der Waals surface area contributed by atoms with Gasteiger partial charge in [0.25, 0.3) is 0 Å². The highest BCUT2D eigenvalue weighted by Crippen LogP contribution is 2.43. The fourth-order valence-electron chi connectivity index (χ4n) is 4.56. The first-order valence-electron chi connectivity index (χ1n) is 18.4. The summed E-state index contributed by atoms with van der Waals surface area (Å²) >= 11 is 0. The van der Waals surface area contributed by atoms with E-state index in [1.54, 1.807) is 0 Å². The van der Waals surface area contributed by atoms with Crippen LogP contribution in [0.4, 0.5) is 0 Å². The maximum atomic E-state index is 12.6. The number of carbonyl (C=O) groups is 1. The number of phosphoric acid groups is 1. The first-order chi connectivity index (χ1) is 22.6. The van der Waals surface area contributed by atoms with Gasteiger partial charge in [0.2, 0.25) is 0 Å². The van der Waals surface area contributed by atoms with Crippen LogP contribution >= 0.6 is 7.82 Å². The molecule has 0 aromatic heterocycles. The number of likely N-dealkylation sites (N-methyl/N-ethyl adjacent to an activating group) is 1. The predicted octanol–water partition coefficient (Wildman–Crippen LogP) is 10.0. The molecule has 0 aromatic carbocycles. The average molecular weight is 685 g/mol. The zero-order valence-electron chi connectivity index (χ0n) is 30.8. The van der Waals surface area contributed by atoms with Crippen molar-refractivity contribution in [1.29, 1.82) is 0 Å². The van der Waals surface area contributed by atoms with E-state index in [-0.39, 0.29) is 26.2 Å². The molecule has 47 heavy (non-hydrogen) atoms. The molecule has 0 aromatic rings. The Balaban J connectivity index is 4.45. The summed E-state index contributed by atoms with van der Waals surface area (Å²) in [5, 5.41) is 0. The van der Waals surface area contributed by atoms with Crippen LogP contribution in [0, 0.1) is 0 Å². The number of hydrogen-bond acceptors (Lipinski definition) is 6. The van der Waals surface area contributed by atoms with Gasteiger partial charge in [0.05, 0.1) is 34.4 Å². The SMILES string of the molecule is CC/C=C\C/C=C\C/C=C\C/C=C\CCC(=O)OC(COCCCCCCCCCCCCCC)COP(=O)(O)OCC[N+](C)(C)C. The number of rotatable bonds is 33. The van der Waals surface area contributed by atoms with E-state index in [4.69, 9.17) is 18.5 Å². The Hall–Kier alpha value is -1.54. The van der Waals surface area contributed by atoms with Crippen LogP contribution in [0.2, 0.25) is 0 Å². The van der Waals surface area contributed by atoms with E-state index in [1.165, 1.54) is 64.2 Å². The van der Waals surface area contributed by atoms with Crippen molar-refractivity contribution >= 4 is 13.8 Å². The molecule has 0 rings (SSSR count). The largest absolute Gasteiger partial charge is 0.472 e. The average Bonchev–Trinajstić information content (AvgIpc) is 3.01. The molecule has 0 aliphatic rings. The van der Waals surface area contributed by atoms with E-state index in [2.05, 4.69) is 50.3 Å². The zero-order chi connectivity index (χ0) is 34.9. The van der Waals surface area contributed by atoms with Crippen LogP contribution in [-0.4, -0.2) is 75.6 Å². The zero-order valence-corrected chi connectivity index (χ0v) is 31.6. The lowest BCUT2D eigenvalue weighted by molar-refractivity contribution is -0.870. The Morgan fingerprint density at radius 3 is 1.72 bits per heavy atom. The molecule has 0 heterocycles. The van der Waals surface area contributed by atoms with Gasteiger partial charge in [0, 0.05) is 13.0 Å². The van der Waals surface area contributed by atoms with Crippen molar-refractivity contribution in [2.75, 3.05) is 54.1 Å². The van der Waals surface area contributed by atoms with Gasteiger partial charge in [0.1, 0.15) is 19.3 Å². The van der Waals surface area contributed by atoms with E-state index in [0.29, 0.717) is 24.1 Å². The third-order valence-electron chi connectivity index (χ3n) is 7.42. The quantitative estimate of drug-likeness (QED) is 0.0242. The molecule has 2 unspecified atom stereocenters. The van der Waals surface area contributed by atoms with Crippen molar-refractivity contribution in [3.05, 3.63) is 48.6 Å². The second kappa shape index (κ2) is 31.7. The molecule has 1 N–H and O–H groups in total. The molecular formula is C38H71NO7P+. The van der Waals surface area contributed by atoms with Gasteiger partial charge in [0.15, 0.2) is 0 Å². The van der Waals surface area contributed by atoms with Crippen LogP contribution in [0.15, 0.2) is 48.6 Å². The van der Waals surface area contributed by atoms with E-state index in [9.17, 15) is 14.3 Å². The molecule has 0 radical (unpaired) electrons. The number of hydrogen-bond donors (Lipinski definition) is 1. The Morgan fingerprint density at radius 1 is 0.681 bits per heavy atom. The first kappa shape index (κ1) is 45.5. The Labute approximate surface area is 288 Å². The minimum atomic E-state index is -4.28. The molecule has 9 heteroatoms. The molecule has 2 atom stereocenters. The fourth-order valence-corrected chi connectivity index (χ4v) is 5.31. The molecule has 8 nitrogen and oxygen atoms in total. The number of esters is 1.